The van der Waals surface area contributed by atoms with Crippen molar-refractivity contribution in [2.24, 2.45) is 4.99 Å². The van der Waals surface area contributed by atoms with E-state index in [1.807, 2.05) is 18.0 Å². The van der Waals surface area contributed by atoms with E-state index in [4.69, 9.17) is 0 Å². The van der Waals surface area contributed by atoms with Gasteiger partial charge in [-0.2, -0.15) is 0 Å². The van der Waals surface area contributed by atoms with Gasteiger partial charge in [0.25, 0.3) is 0 Å². The van der Waals surface area contributed by atoms with Crippen LogP contribution in [0.5, 0.6) is 0 Å². The standard InChI is InChI=1S/C15H17N3S2/c1-2-12-8-16-14(19-12)10-18-15-17-9-13(20-15)11-6-4-3-5-7-11/h3-8,13H,2,9-10H2,1H3,(H,17,18). The zero-order valence-electron chi connectivity index (χ0n) is 11.4. The normalized spacial score (nSPS) is 18.1. The Balaban J connectivity index is 1.53. The maximum atomic E-state index is 4.58. The molecule has 104 valence electrons. The number of thiazole rings is 1. The molecule has 1 aliphatic heterocycles. The van der Waals surface area contributed by atoms with Gasteiger partial charge in [0.2, 0.25) is 0 Å². The van der Waals surface area contributed by atoms with Crippen LogP contribution in [0, 0.1) is 0 Å². The van der Waals surface area contributed by atoms with Gasteiger partial charge in [-0.1, -0.05) is 49.0 Å². The van der Waals surface area contributed by atoms with E-state index in [0.717, 1.165) is 29.7 Å². The van der Waals surface area contributed by atoms with Crippen LogP contribution in [-0.2, 0) is 13.0 Å². The third-order valence-electron chi connectivity index (χ3n) is 3.17. The Bertz CT molecular complexity index is 592. The number of nitrogens with zero attached hydrogens (tertiary/aromatic N) is 2. The largest absolute Gasteiger partial charge is 0.358 e. The van der Waals surface area contributed by atoms with Crippen molar-refractivity contribution >= 4 is 28.3 Å². The molecular formula is C15H17N3S2. The molecule has 1 atom stereocenters. The molecule has 2 aromatic rings. The number of nitrogens with one attached hydrogen (secondary N) is 1. The molecule has 20 heavy (non-hydrogen) atoms. The van der Waals surface area contributed by atoms with Crippen LogP contribution < -0.4 is 5.32 Å². The zero-order valence-corrected chi connectivity index (χ0v) is 13.0. The Morgan fingerprint density at radius 2 is 2.15 bits per heavy atom. The van der Waals surface area contributed by atoms with E-state index in [0.29, 0.717) is 5.25 Å². The highest BCUT2D eigenvalue weighted by molar-refractivity contribution is 8.14. The Morgan fingerprint density at radius 1 is 1.30 bits per heavy atom. The summed E-state index contributed by atoms with van der Waals surface area (Å²) in [5.41, 5.74) is 1.35. The number of aryl methyl sites for hydroxylation is 1. The average molecular weight is 303 g/mol. The zero-order chi connectivity index (χ0) is 13.8. The molecule has 1 aromatic heterocycles. The minimum Gasteiger partial charge on any atom is -0.358 e. The molecular weight excluding hydrogens is 286 g/mol. The summed E-state index contributed by atoms with van der Waals surface area (Å²) < 4.78 is 0. The lowest BCUT2D eigenvalue weighted by Crippen LogP contribution is -2.18. The third kappa shape index (κ3) is 3.22. The van der Waals surface area contributed by atoms with Gasteiger partial charge >= 0.3 is 0 Å². The smallest absolute Gasteiger partial charge is 0.157 e. The Labute approximate surface area is 127 Å². The first-order valence-corrected chi connectivity index (χ1v) is 8.48. The molecule has 0 radical (unpaired) electrons. The van der Waals surface area contributed by atoms with E-state index in [2.05, 4.69) is 52.5 Å². The van der Waals surface area contributed by atoms with Crippen molar-refractivity contribution < 1.29 is 0 Å². The van der Waals surface area contributed by atoms with Crippen LogP contribution in [0.2, 0.25) is 0 Å². The van der Waals surface area contributed by atoms with Crippen molar-refractivity contribution in [1.82, 2.24) is 10.3 Å². The Morgan fingerprint density at radius 3 is 2.90 bits per heavy atom. The molecule has 1 N–H and O–H groups in total. The molecule has 1 aromatic carbocycles. The molecule has 0 fully saturated rings. The monoisotopic (exact) mass is 303 g/mol. The Kier molecular flexibility index (Phi) is 4.38. The summed E-state index contributed by atoms with van der Waals surface area (Å²) in [4.78, 5) is 10.3. The van der Waals surface area contributed by atoms with E-state index >= 15 is 0 Å². The SMILES string of the molecule is CCc1cnc(CNC2=NCC(c3ccccc3)S2)s1. The second-order valence-electron chi connectivity index (χ2n) is 4.59. The number of amidine groups is 1. The molecule has 1 unspecified atom stereocenters. The number of aliphatic imine (C=N–C) groups is 1. The predicted octanol–water partition coefficient (Wildman–Crippen LogP) is 3.64. The number of benzene rings is 1. The van der Waals surface area contributed by atoms with E-state index in [-0.39, 0.29) is 0 Å². The quantitative estimate of drug-likeness (QED) is 0.937. The van der Waals surface area contributed by atoms with Crippen LogP contribution in [0.1, 0.15) is 27.6 Å². The summed E-state index contributed by atoms with van der Waals surface area (Å²) in [5.74, 6) is 0. The number of hydrogen-bond acceptors (Lipinski definition) is 5. The maximum absolute atomic E-state index is 4.58. The van der Waals surface area contributed by atoms with Crippen molar-refractivity contribution in [1.29, 1.82) is 0 Å². The molecule has 5 heteroatoms. The lowest BCUT2D eigenvalue weighted by atomic mass is 10.1. The van der Waals surface area contributed by atoms with Crippen molar-refractivity contribution in [3.8, 4) is 0 Å². The van der Waals surface area contributed by atoms with Gasteiger partial charge in [0.1, 0.15) is 5.01 Å². The molecule has 3 rings (SSSR count). The molecule has 0 bridgehead atoms. The van der Waals surface area contributed by atoms with Gasteiger partial charge in [0.05, 0.1) is 18.3 Å². The summed E-state index contributed by atoms with van der Waals surface area (Å²) in [7, 11) is 0. The summed E-state index contributed by atoms with van der Waals surface area (Å²) in [6, 6.07) is 10.6. The number of rotatable bonds is 4. The van der Waals surface area contributed by atoms with Gasteiger partial charge in [-0.05, 0) is 12.0 Å². The molecule has 0 saturated carbocycles. The molecule has 2 heterocycles. The van der Waals surface area contributed by atoms with Gasteiger partial charge in [0, 0.05) is 11.1 Å². The molecule has 1 aliphatic rings. The fourth-order valence-corrected chi connectivity index (χ4v) is 3.88. The van der Waals surface area contributed by atoms with Gasteiger partial charge in [-0.3, -0.25) is 4.99 Å². The highest BCUT2D eigenvalue weighted by atomic mass is 32.2. The fourth-order valence-electron chi connectivity index (χ4n) is 2.06. The van der Waals surface area contributed by atoms with Crippen LogP contribution >= 0.6 is 23.1 Å². The molecule has 3 nitrogen and oxygen atoms in total. The van der Waals surface area contributed by atoms with Gasteiger partial charge < -0.3 is 5.32 Å². The van der Waals surface area contributed by atoms with E-state index < -0.39 is 0 Å². The fraction of sp³-hybridized carbons (Fsp3) is 0.333. The van der Waals surface area contributed by atoms with E-state index in [9.17, 15) is 0 Å². The third-order valence-corrected chi connectivity index (χ3v) is 5.51. The number of aromatic nitrogens is 1. The topological polar surface area (TPSA) is 37.3 Å². The average Bonchev–Trinajstić information content (AvgIpc) is 3.15. The van der Waals surface area contributed by atoms with Crippen LogP contribution in [0.15, 0.2) is 41.5 Å². The summed E-state index contributed by atoms with van der Waals surface area (Å²) in [5, 5.41) is 6.01. The highest BCUT2D eigenvalue weighted by Gasteiger charge is 2.20. The van der Waals surface area contributed by atoms with Gasteiger partial charge in [-0.15, -0.1) is 11.3 Å². The highest BCUT2D eigenvalue weighted by Crippen LogP contribution is 2.34. The second kappa shape index (κ2) is 6.41. The molecule has 0 aliphatic carbocycles. The predicted molar refractivity (Wildman–Crippen MR) is 87.4 cm³/mol. The molecule has 0 amide bonds. The number of thioether (sulfide) groups is 1. The van der Waals surface area contributed by atoms with E-state index in [1.165, 1.54) is 10.4 Å². The first kappa shape index (κ1) is 13.6. The van der Waals surface area contributed by atoms with Crippen molar-refractivity contribution in [2.75, 3.05) is 6.54 Å². The minimum atomic E-state index is 0.446. The summed E-state index contributed by atoms with van der Waals surface area (Å²) >= 11 is 3.59. The van der Waals surface area contributed by atoms with Crippen molar-refractivity contribution in [3.63, 3.8) is 0 Å². The van der Waals surface area contributed by atoms with Crippen molar-refractivity contribution in [3.05, 3.63) is 52.0 Å². The second-order valence-corrected chi connectivity index (χ2v) is 6.98. The molecule has 0 spiro atoms. The van der Waals surface area contributed by atoms with Crippen LogP contribution in [-0.4, -0.2) is 16.7 Å². The number of hydrogen-bond donors (Lipinski definition) is 1. The lowest BCUT2D eigenvalue weighted by molar-refractivity contribution is 0.900. The lowest BCUT2D eigenvalue weighted by Gasteiger charge is -2.08. The first-order valence-electron chi connectivity index (χ1n) is 6.78. The maximum Gasteiger partial charge on any atom is 0.157 e. The molecule has 0 saturated heterocycles. The van der Waals surface area contributed by atoms with Gasteiger partial charge in [0.15, 0.2) is 5.17 Å². The summed E-state index contributed by atoms with van der Waals surface area (Å²) in [6.45, 7) is 3.79. The minimum absolute atomic E-state index is 0.446. The Hall–Kier alpha value is -1.33. The van der Waals surface area contributed by atoms with Crippen LogP contribution in [0.3, 0.4) is 0 Å². The van der Waals surface area contributed by atoms with Gasteiger partial charge in [-0.25, -0.2) is 4.98 Å². The summed E-state index contributed by atoms with van der Waals surface area (Å²) in [6.07, 6.45) is 3.03. The first-order chi connectivity index (χ1) is 9.85. The van der Waals surface area contributed by atoms with Crippen LogP contribution in [0.4, 0.5) is 0 Å². The van der Waals surface area contributed by atoms with Crippen molar-refractivity contribution in [2.45, 2.75) is 25.1 Å². The van der Waals surface area contributed by atoms with E-state index in [1.54, 1.807) is 11.3 Å². The van der Waals surface area contributed by atoms with Crippen LogP contribution in [0.25, 0.3) is 0 Å².